The SMILES string of the molecule is COc1ccc(S(=O)(=O)NC2C3CCC(C3)C2C/C=C\CCCc2nn[nH]n2)cc1. The Hall–Kier alpha value is -2.26. The molecule has 2 aliphatic carbocycles. The second-order valence-electron chi connectivity index (χ2n) is 8.25. The number of aromatic nitrogens is 4. The van der Waals surface area contributed by atoms with Gasteiger partial charge in [-0.25, -0.2) is 13.1 Å². The molecule has 1 heterocycles. The molecule has 0 radical (unpaired) electrons. The van der Waals surface area contributed by atoms with Crippen molar-refractivity contribution in [2.45, 2.75) is 55.9 Å². The lowest BCUT2D eigenvalue weighted by Gasteiger charge is -2.31. The maximum atomic E-state index is 12.9. The van der Waals surface area contributed by atoms with Crippen LogP contribution in [0.2, 0.25) is 0 Å². The van der Waals surface area contributed by atoms with Gasteiger partial charge in [0.25, 0.3) is 0 Å². The van der Waals surface area contributed by atoms with E-state index in [1.807, 2.05) is 0 Å². The van der Waals surface area contributed by atoms with Crippen LogP contribution in [0.4, 0.5) is 0 Å². The first kappa shape index (κ1) is 21.0. The lowest BCUT2D eigenvalue weighted by Crippen LogP contribution is -2.43. The second-order valence-corrected chi connectivity index (χ2v) is 9.96. The minimum absolute atomic E-state index is 0.0137. The van der Waals surface area contributed by atoms with E-state index in [1.165, 1.54) is 6.42 Å². The Labute approximate surface area is 177 Å². The van der Waals surface area contributed by atoms with E-state index in [9.17, 15) is 8.42 Å². The molecule has 1 aromatic carbocycles. The summed E-state index contributed by atoms with van der Waals surface area (Å²) in [6.07, 6.45) is 11.5. The van der Waals surface area contributed by atoms with Gasteiger partial charge in [-0.1, -0.05) is 17.4 Å². The molecule has 0 saturated heterocycles. The van der Waals surface area contributed by atoms with Gasteiger partial charge in [0.15, 0.2) is 5.82 Å². The Bertz CT molecular complexity index is 944. The Morgan fingerprint density at radius 2 is 2.00 bits per heavy atom. The topological polar surface area (TPSA) is 110 Å². The highest BCUT2D eigenvalue weighted by Crippen LogP contribution is 2.50. The highest BCUT2D eigenvalue weighted by Gasteiger charge is 2.48. The number of sulfonamides is 1. The highest BCUT2D eigenvalue weighted by molar-refractivity contribution is 7.89. The number of rotatable bonds is 10. The summed E-state index contributed by atoms with van der Waals surface area (Å²) in [5.74, 6) is 2.81. The lowest BCUT2D eigenvalue weighted by atomic mass is 9.83. The van der Waals surface area contributed by atoms with E-state index in [-0.39, 0.29) is 6.04 Å². The quantitative estimate of drug-likeness (QED) is 0.442. The van der Waals surface area contributed by atoms with E-state index in [1.54, 1.807) is 31.4 Å². The van der Waals surface area contributed by atoms with E-state index in [2.05, 4.69) is 37.5 Å². The van der Waals surface area contributed by atoms with Crippen molar-refractivity contribution in [3.8, 4) is 5.75 Å². The number of methoxy groups -OCH3 is 1. The molecule has 9 heteroatoms. The molecular formula is C21H29N5O3S. The molecule has 30 heavy (non-hydrogen) atoms. The molecule has 2 bridgehead atoms. The first-order valence-electron chi connectivity index (χ1n) is 10.6. The van der Waals surface area contributed by atoms with Crippen molar-refractivity contribution in [3.63, 3.8) is 0 Å². The van der Waals surface area contributed by atoms with Gasteiger partial charge in [-0.2, -0.15) is 5.21 Å². The number of hydrogen-bond acceptors (Lipinski definition) is 6. The highest BCUT2D eigenvalue weighted by atomic mass is 32.2. The number of nitrogens with zero attached hydrogens (tertiary/aromatic N) is 3. The van der Waals surface area contributed by atoms with Crippen molar-refractivity contribution in [3.05, 3.63) is 42.2 Å². The summed E-state index contributed by atoms with van der Waals surface area (Å²) in [5.41, 5.74) is 0. The molecule has 8 nitrogen and oxygen atoms in total. The number of unbranched alkanes of at least 4 members (excludes halogenated alkanes) is 1. The summed E-state index contributed by atoms with van der Waals surface area (Å²) in [5, 5.41) is 13.9. The molecule has 2 saturated carbocycles. The van der Waals surface area contributed by atoms with E-state index < -0.39 is 10.0 Å². The molecule has 4 unspecified atom stereocenters. The number of tetrazole rings is 1. The number of ether oxygens (including phenoxy) is 1. The van der Waals surface area contributed by atoms with Crippen molar-refractivity contribution in [2.24, 2.45) is 17.8 Å². The summed E-state index contributed by atoms with van der Waals surface area (Å²) in [7, 11) is -1.97. The number of H-pyrrole nitrogens is 1. The molecule has 0 spiro atoms. The van der Waals surface area contributed by atoms with E-state index >= 15 is 0 Å². The second kappa shape index (κ2) is 9.26. The van der Waals surface area contributed by atoms with Crippen LogP contribution in [0.1, 0.15) is 44.3 Å². The largest absolute Gasteiger partial charge is 0.497 e. The number of aromatic amines is 1. The van der Waals surface area contributed by atoms with Gasteiger partial charge in [0, 0.05) is 12.5 Å². The van der Waals surface area contributed by atoms with Crippen LogP contribution in [-0.4, -0.2) is 42.2 Å². The Balaban J connectivity index is 1.34. The third kappa shape index (κ3) is 4.73. The summed E-state index contributed by atoms with van der Waals surface area (Å²) in [6, 6.07) is 6.59. The zero-order valence-corrected chi connectivity index (χ0v) is 18.0. The molecule has 2 aliphatic rings. The van der Waals surface area contributed by atoms with Gasteiger partial charge >= 0.3 is 0 Å². The summed E-state index contributed by atoms with van der Waals surface area (Å²) < 4.78 is 34.1. The van der Waals surface area contributed by atoms with E-state index in [0.29, 0.717) is 28.4 Å². The lowest BCUT2D eigenvalue weighted by molar-refractivity contribution is 0.274. The molecule has 0 amide bonds. The summed E-state index contributed by atoms with van der Waals surface area (Å²) in [6.45, 7) is 0. The monoisotopic (exact) mass is 431 g/mol. The number of allylic oxidation sites excluding steroid dienone is 2. The number of nitrogens with one attached hydrogen (secondary N) is 2. The van der Waals surface area contributed by atoms with Crippen molar-refractivity contribution in [1.29, 1.82) is 0 Å². The van der Waals surface area contributed by atoms with Crippen LogP contribution in [0.3, 0.4) is 0 Å². The average Bonchev–Trinajstić information content (AvgIpc) is 3.49. The van der Waals surface area contributed by atoms with Crippen LogP contribution < -0.4 is 9.46 Å². The molecule has 162 valence electrons. The van der Waals surface area contributed by atoms with Crippen molar-refractivity contribution in [1.82, 2.24) is 25.3 Å². The molecular weight excluding hydrogens is 402 g/mol. The normalized spacial score (nSPS) is 25.9. The Kier molecular flexibility index (Phi) is 6.48. The minimum atomic E-state index is -3.54. The average molecular weight is 432 g/mol. The zero-order chi connectivity index (χ0) is 21.0. The first-order valence-corrected chi connectivity index (χ1v) is 12.1. The number of hydrogen-bond donors (Lipinski definition) is 2. The van der Waals surface area contributed by atoms with Gasteiger partial charge in [-0.3, -0.25) is 0 Å². The minimum Gasteiger partial charge on any atom is -0.497 e. The predicted molar refractivity (Wildman–Crippen MR) is 112 cm³/mol. The van der Waals surface area contributed by atoms with Gasteiger partial charge in [0.2, 0.25) is 10.0 Å². The fourth-order valence-corrected chi connectivity index (χ4v) is 6.33. The molecule has 0 aliphatic heterocycles. The first-order chi connectivity index (χ1) is 14.6. The molecule has 2 N–H and O–H groups in total. The molecule has 1 aromatic heterocycles. The maximum absolute atomic E-state index is 12.9. The van der Waals surface area contributed by atoms with Crippen LogP contribution in [0, 0.1) is 17.8 Å². The van der Waals surface area contributed by atoms with Crippen molar-refractivity contribution < 1.29 is 13.2 Å². The van der Waals surface area contributed by atoms with Crippen LogP contribution in [0.5, 0.6) is 5.75 Å². The molecule has 4 atom stereocenters. The Morgan fingerprint density at radius 1 is 1.20 bits per heavy atom. The number of fused-ring (bicyclic) bond motifs is 2. The van der Waals surface area contributed by atoms with Gasteiger partial charge in [-0.15, -0.1) is 10.2 Å². The predicted octanol–water partition coefficient (Wildman–Crippen LogP) is 2.87. The maximum Gasteiger partial charge on any atom is 0.240 e. The fraction of sp³-hybridized carbons (Fsp3) is 0.571. The zero-order valence-electron chi connectivity index (χ0n) is 17.2. The third-order valence-corrected chi connectivity index (χ3v) is 7.96. The fourth-order valence-electron chi connectivity index (χ4n) is 4.97. The van der Waals surface area contributed by atoms with Crippen LogP contribution in [0.15, 0.2) is 41.3 Å². The van der Waals surface area contributed by atoms with E-state index in [0.717, 1.165) is 44.3 Å². The standard InChI is InChI=1S/C21H29N5O3S/c1-29-17-10-12-18(13-11-17)30(27,28)24-21-16-9-8-15(14-16)19(21)6-4-2-3-5-7-20-22-25-26-23-20/h2,4,10-13,15-16,19,21,24H,3,5-9,14H2,1H3,(H,22,23,25,26)/b4-2-. The Morgan fingerprint density at radius 3 is 2.73 bits per heavy atom. The van der Waals surface area contributed by atoms with Crippen LogP contribution >= 0.6 is 0 Å². The van der Waals surface area contributed by atoms with Crippen molar-refractivity contribution in [2.75, 3.05) is 7.11 Å². The van der Waals surface area contributed by atoms with E-state index in [4.69, 9.17) is 4.74 Å². The summed E-state index contributed by atoms with van der Waals surface area (Å²) >= 11 is 0. The van der Waals surface area contributed by atoms with Crippen LogP contribution in [0.25, 0.3) is 0 Å². The number of aryl methyl sites for hydroxylation is 1. The van der Waals surface area contributed by atoms with Gasteiger partial charge in [-0.05, 0) is 80.5 Å². The van der Waals surface area contributed by atoms with Crippen LogP contribution in [-0.2, 0) is 16.4 Å². The molecule has 2 fully saturated rings. The number of benzene rings is 1. The third-order valence-electron chi connectivity index (χ3n) is 6.48. The van der Waals surface area contributed by atoms with Crippen molar-refractivity contribution >= 4 is 10.0 Å². The van der Waals surface area contributed by atoms with Gasteiger partial charge in [0.1, 0.15) is 5.75 Å². The van der Waals surface area contributed by atoms with Gasteiger partial charge in [0.05, 0.1) is 12.0 Å². The molecule has 2 aromatic rings. The smallest absolute Gasteiger partial charge is 0.240 e. The summed E-state index contributed by atoms with van der Waals surface area (Å²) in [4.78, 5) is 0.293. The molecule has 4 rings (SSSR count). The van der Waals surface area contributed by atoms with Gasteiger partial charge < -0.3 is 4.74 Å².